The Morgan fingerprint density at radius 2 is 2.04 bits per heavy atom. The van der Waals surface area contributed by atoms with E-state index in [4.69, 9.17) is 4.74 Å². The average molecular weight is 313 g/mol. The fourth-order valence-corrected chi connectivity index (χ4v) is 6.41. The van der Waals surface area contributed by atoms with Gasteiger partial charge < -0.3 is 10.1 Å². The lowest BCUT2D eigenvalue weighted by atomic mass is 9.54. The highest BCUT2D eigenvalue weighted by Gasteiger charge is 2.53. The second-order valence-electron chi connectivity index (χ2n) is 8.45. The Bertz CT molecular complexity index is 583. The Balaban J connectivity index is 1.67. The molecule has 0 bridgehead atoms. The summed E-state index contributed by atoms with van der Waals surface area (Å²) in [6, 6.07) is 6.84. The standard InChI is InChI=1S/C21H31NO/c1-21-10-8-15(13-22-2)20(21)19-6-4-14-12-16(23-3)5-7-17(14)18(19)9-11-21/h5,7,12,15,18-20,22H,4,6,8-11,13H2,1-3H3/t15-,18-,19-,20+,21+/m1/s1. The van der Waals surface area contributed by atoms with Crippen LogP contribution in [0, 0.1) is 23.2 Å². The summed E-state index contributed by atoms with van der Waals surface area (Å²) in [5.41, 5.74) is 3.80. The van der Waals surface area contributed by atoms with Crippen molar-refractivity contribution in [3.8, 4) is 5.75 Å². The number of aryl methyl sites for hydroxylation is 1. The number of rotatable bonds is 3. The number of nitrogens with one attached hydrogen (secondary N) is 1. The van der Waals surface area contributed by atoms with Gasteiger partial charge in [-0.1, -0.05) is 13.0 Å². The van der Waals surface area contributed by atoms with Gasteiger partial charge in [0.25, 0.3) is 0 Å². The van der Waals surface area contributed by atoms with Crippen molar-refractivity contribution < 1.29 is 4.74 Å². The smallest absolute Gasteiger partial charge is 0.119 e. The molecule has 4 rings (SSSR count). The maximum Gasteiger partial charge on any atom is 0.119 e. The third-order valence-electron chi connectivity index (χ3n) is 7.37. The first kappa shape index (κ1) is 15.5. The van der Waals surface area contributed by atoms with Gasteiger partial charge in [0.15, 0.2) is 0 Å². The number of benzene rings is 1. The second-order valence-corrected chi connectivity index (χ2v) is 8.45. The van der Waals surface area contributed by atoms with Gasteiger partial charge >= 0.3 is 0 Å². The number of hydrogen-bond donors (Lipinski definition) is 1. The van der Waals surface area contributed by atoms with Crippen LogP contribution in [0.3, 0.4) is 0 Å². The molecule has 0 amide bonds. The Morgan fingerprint density at radius 3 is 2.83 bits per heavy atom. The first-order valence-corrected chi connectivity index (χ1v) is 9.47. The molecule has 0 heterocycles. The summed E-state index contributed by atoms with van der Waals surface area (Å²) in [4.78, 5) is 0. The van der Waals surface area contributed by atoms with Crippen molar-refractivity contribution in [1.29, 1.82) is 0 Å². The lowest BCUT2D eigenvalue weighted by Crippen LogP contribution is -2.43. The minimum Gasteiger partial charge on any atom is -0.497 e. The summed E-state index contributed by atoms with van der Waals surface area (Å²) in [7, 11) is 3.90. The van der Waals surface area contributed by atoms with Crippen molar-refractivity contribution in [2.24, 2.45) is 23.2 Å². The summed E-state index contributed by atoms with van der Waals surface area (Å²) in [5.74, 6) is 4.52. The molecule has 1 N–H and O–H groups in total. The van der Waals surface area contributed by atoms with Crippen LogP contribution in [0.1, 0.15) is 56.1 Å². The minimum absolute atomic E-state index is 0.604. The van der Waals surface area contributed by atoms with E-state index in [9.17, 15) is 0 Å². The van der Waals surface area contributed by atoms with Crippen LogP contribution < -0.4 is 10.1 Å². The molecule has 1 aromatic rings. The van der Waals surface area contributed by atoms with E-state index >= 15 is 0 Å². The second kappa shape index (κ2) is 5.81. The van der Waals surface area contributed by atoms with E-state index in [2.05, 4.69) is 37.5 Å². The van der Waals surface area contributed by atoms with E-state index in [1.807, 2.05) is 0 Å². The van der Waals surface area contributed by atoms with Gasteiger partial charge in [-0.25, -0.2) is 0 Å². The Kier molecular flexibility index (Phi) is 3.91. The summed E-state index contributed by atoms with van der Waals surface area (Å²) in [5, 5.41) is 3.47. The molecule has 126 valence electrons. The average Bonchev–Trinajstić information content (AvgIpc) is 2.91. The van der Waals surface area contributed by atoms with Gasteiger partial charge in [0.2, 0.25) is 0 Å². The van der Waals surface area contributed by atoms with Crippen LogP contribution >= 0.6 is 0 Å². The van der Waals surface area contributed by atoms with Crippen molar-refractivity contribution in [3.05, 3.63) is 29.3 Å². The zero-order valence-electron chi connectivity index (χ0n) is 14.9. The quantitative estimate of drug-likeness (QED) is 0.894. The topological polar surface area (TPSA) is 21.3 Å². The van der Waals surface area contributed by atoms with Crippen molar-refractivity contribution >= 4 is 0 Å². The third-order valence-corrected chi connectivity index (χ3v) is 7.37. The highest BCUT2D eigenvalue weighted by Crippen LogP contribution is 2.62. The number of fused-ring (bicyclic) bond motifs is 5. The predicted molar refractivity (Wildman–Crippen MR) is 95.0 cm³/mol. The molecule has 1 aromatic carbocycles. The molecule has 3 aliphatic carbocycles. The van der Waals surface area contributed by atoms with Crippen LogP contribution in [0.2, 0.25) is 0 Å². The molecule has 0 aromatic heterocycles. The summed E-state index contributed by atoms with van der Waals surface area (Å²) >= 11 is 0. The molecule has 2 heteroatoms. The number of ether oxygens (including phenoxy) is 1. The SMILES string of the molecule is CNC[C@H]1CC[C@@]2(C)CC[C@@H]3c4ccc(OC)cc4CC[C@H]3[C@H]12. The van der Waals surface area contributed by atoms with Crippen molar-refractivity contribution in [2.75, 3.05) is 20.7 Å². The van der Waals surface area contributed by atoms with Crippen molar-refractivity contribution in [2.45, 2.75) is 51.4 Å². The first-order chi connectivity index (χ1) is 11.2. The van der Waals surface area contributed by atoms with E-state index < -0.39 is 0 Å². The molecule has 2 fully saturated rings. The van der Waals surface area contributed by atoms with Crippen LogP contribution in [-0.4, -0.2) is 20.7 Å². The van der Waals surface area contributed by atoms with Gasteiger partial charge in [-0.15, -0.1) is 0 Å². The fourth-order valence-electron chi connectivity index (χ4n) is 6.41. The fraction of sp³-hybridized carbons (Fsp3) is 0.714. The van der Waals surface area contributed by atoms with Crippen LogP contribution in [0.25, 0.3) is 0 Å². The number of hydrogen-bond acceptors (Lipinski definition) is 2. The van der Waals surface area contributed by atoms with Gasteiger partial charge in [0, 0.05) is 0 Å². The van der Waals surface area contributed by atoms with Gasteiger partial charge in [0.05, 0.1) is 7.11 Å². The largest absolute Gasteiger partial charge is 0.497 e. The highest BCUT2D eigenvalue weighted by molar-refractivity contribution is 5.40. The highest BCUT2D eigenvalue weighted by atomic mass is 16.5. The van der Waals surface area contributed by atoms with Gasteiger partial charge in [-0.05, 0) is 104 Å². The zero-order chi connectivity index (χ0) is 16.0. The molecule has 5 atom stereocenters. The van der Waals surface area contributed by atoms with E-state index in [0.717, 1.165) is 29.4 Å². The number of methoxy groups -OCH3 is 1. The van der Waals surface area contributed by atoms with Crippen LogP contribution in [0.4, 0.5) is 0 Å². The maximum atomic E-state index is 5.44. The molecule has 0 unspecified atom stereocenters. The molecule has 0 radical (unpaired) electrons. The van der Waals surface area contributed by atoms with Crippen molar-refractivity contribution in [3.63, 3.8) is 0 Å². The molecule has 23 heavy (non-hydrogen) atoms. The molecular weight excluding hydrogens is 282 g/mol. The Hall–Kier alpha value is -1.02. The molecule has 2 nitrogen and oxygen atoms in total. The van der Waals surface area contributed by atoms with Crippen molar-refractivity contribution in [1.82, 2.24) is 5.32 Å². The van der Waals surface area contributed by atoms with Crippen LogP contribution in [-0.2, 0) is 6.42 Å². The summed E-state index contributed by atoms with van der Waals surface area (Å²) in [6.07, 6.45) is 8.31. The minimum atomic E-state index is 0.604. The molecule has 0 saturated heterocycles. The molecule has 3 aliphatic rings. The van der Waals surface area contributed by atoms with E-state index in [0.29, 0.717) is 5.41 Å². The Labute approximate surface area is 141 Å². The Morgan fingerprint density at radius 1 is 1.22 bits per heavy atom. The van der Waals surface area contributed by atoms with E-state index in [1.165, 1.54) is 45.1 Å². The van der Waals surface area contributed by atoms with Gasteiger partial charge in [0.1, 0.15) is 5.75 Å². The molecule has 0 spiro atoms. The normalized spacial score (nSPS) is 38.6. The third kappa shape index (κ3) is 2.41. The van der Waals surface area contributed by atoms with Gasteiger partial charge in [-0.3, -0.25) is 0 Å². The lowest BCUT2D eigenvalue weighted by Gasteiger charge is -2.51. The molecule has 0 aliphatic heterocycles. The predicted octanol–water partition coefficient (Wildman–Crippen LogP) is 4.39. The zero-order valence-corrected chi connectivity index (χ0v) is 14.9. The monoisotopic (exact) mass is 313 g/mol. The van der Waals surface area contributed by atoms with E-state index in [1.54, 1.807) is 18.2 Å². The maximum absolute atomic E-state index is 5.44. The summed E-state index contributed by atoms with van der Waals surface area (Å²) in [6.45, 7) is 3.80. The lowest BCUT2D eigenvalue weighted by molar-refractivity contribution is 0.0350. The molecule has 2 saturated carbocycles. The molecular formula is C21H31NO. The van der Waals surface area contributed by atoms with Gasteiger partial charge in [-0.2, -0.15) is 0 Å². The summed E-state index contributed by atoms with van der Waals surface area (Å²) < 4.78 is 5.44. The van der Waals surface area contributed by atoms with Crippen LogP contribution in [0.15, 0.2) is 18.2 Å². The van der Waals surface area contributed by atoms with E-state index in [-0.39, 0.29) is 0 Å². The van der Waals surface area contributed by atoms with Crippen LogP contribution in [0.5, 0.6) is 5.75 Å². The first-order valence-electron chi connectivity index (χ1n) is 9.47.